The minimum absolute atomic E-state index is 0.0133. The Bertz CT molecular complexity index is 556. The lowest BCUT2D eigenvalue weighted by atomic mass is 10.1. The number of carbonyl (C=O) groups excluding carboxylic acids is 1. The second kappa shape index (κ2) is 6.11. The van der Waals surface area contributed by atoms with Crippen LogP contribution in [0.25, 0.3) is 0 Å². The number of benzene rings is 1. The summed E-state index contributed by atoms with van der Waals surface area (Å²) in [6.07, 6.45) is 2.24. The number of nitrogens with zero attached hydrogens (tertiary/aromatic N) is 1. The maximum absolute atomic E-state index is 13.1. The number of rotatable bonds is 5. The number of hydrogen-bond acceptors (Lipinski definition) is 2. The molecule has 2 amide bonds. The zero-order valence-corrected chi connectivity index (χ0v) is 12.1. The lowest BCUT2D eigenvalue weighted by Crippen LogP contribution is -2.41. The number of hydrogen-bond donors (Lipinski definition) is 2. The monoisotopic (exact) mass is 294 g/mol. The number of halogens is 1. The van der Waals surface area contributed by atoms with E-state index in [0.29, 0.717) is 12.5 Å². The van der Waals surface area contributed by atoms with Crippen molar-refractivity contribution in [3.63, 3.8) is 0 Å². The molecule has 6 heteroatoms. The average molecular weight is 294 g/mol. The molecule has 5 nitrogen and oxygen atoms in total. The molecule has 1 aromatic carbocycles. The van der Waals surface area contributed by atoms with Crippen LogP contribution in [0, 0.1) is 11.7 Å². The highest BCUT2D eigenvalue weighted by Gasteiger charge is 2.28. The second-order valence-electron chi connectivity index (χ2n) is 5.61. The van der Waals surface area contributed by atoms with E-state index in [0.717, 1.165) is 25.0 Å². The first-order valence-electron chi connectivity index (χ1n) is 6.99. The molecular formula is C15H19FN2O3. The number of carboxylic acid groups (broad SMARTS) is 1. The largest absolute Gasteiger partial charge is 0.478 e. The summed E-state index contributed by atoms with van der Waals surface area (Å²) < 4.78 is 13.1. The van der Waals surface area contributed by atoms with Gasteiger partial charge >= 0.3 is 12.0 Å². The highest BCUT2D eigenvalue weighted by atomic mass is 19.1. The standard InChI is InChI=1S/C15H19FN2O3/c1-9(2)18(8-10-3-4-10)15(21)17-13-6-5-11(16)7-12(13)14(19)20/h5-7,9-10H,3-4,8H2,1-2H3,(H,17,21)(H,19,20). The van der Waals surface area contributed by atoms with Crippen LogP contribution >= 0.6 is 0 Å². The van der Waals surface area contributed by atoms with Crippen molar-refractivity contribution >= 4 is 17.7 Å². The Hall–Kier alpha value is -2.11. The molecule has 0 spiro atoms. The quantitative estimate of drug-likeness (QED) is 0.876. The third-order valence-electron chi connectivity index (χ3n) is 3.49. The summed E-state index contributed by atoms with van der Waals surface area (Å²) in [5, 5.41) is 11.6. The number of aromatic carboxylic acids is 1. The molecule has 0 aromatic heterocycles. The second-order valence-corrected chi connectivity index (χ2v) is 5.61. The zero-order valence-electron chi connectivity index (χ0n) is 12.1. The van der Waals surface area contributed by atoms with E-state index in [2.05, 4.69) is 5.32 Å². The molecule has 0 radical (unpaired) electrons. The van der Waals surface area contributed by atoms with Crippen LogP contribution in [0.1, 0.15) is 37.0 Å². The summed E-state index contributed by atoms with van der Waals surface area (Å²) in [7, 11) is 0. The van der Waals surface area contributed by atoms with Crippen molar-refractivity contribution in [3.8, 4) is 0 Å². The Labute approximate surface area is 122 Å². The topological polar surface area (TPSA) is 69.6 Å². The molecule has 1 aromatic rings. The number of anilines is 1. The molecular weight excluding hydrogens is 275 g/mol. The molecule has 21 heavy (non-hydrogen) atoms. The predicted molar refractivity (Wildman–Crippen MR) is 76.9 cm³/mol. The fraction of sp³-hybridized carbons (Fsp3) is 0.467. The minimum atomic E-state index is -1.27. The summed E-state index contributed by atoms with van der Waals surface area (Å²) in [6.45, 7) is 4.47. The van der Waals surface area contributed by atoms with E-state index in [9.17, 15) is 14.0 Å². The van der Waals surface area contributed by atoms with Gasteiger partial charge in [0, 0.05) is 12.6 Å². The van der Waals surface area contributed by atoms with Crippen molar-refractivity contribution < 1.29 is 19.1 Å². The van der Waals surface area contributed by atoms with Crippen LogP contribution < -0.4 is 5.32 Å². The Morgan fingerprint density at radius 1 is 1.43 bits per heavy atom. The lowest BCUT2D eigenvalue weighted by molar-refractivity contribution is 0.0697. The number of carbonyl (C=O) groups is 2. The Kier molecular flexibility index (Phi) is 4.45. The van der Waals surface area contributed by atoms with Gasteiger partial charge in [0.1, 0.15) is 5.82 Å². The first-order chi connectivity index (χ1) is 9.88. The maximum atomic E-state index is 13.1. The normalized spacial score (nSPS) is 14.1. The molecule has 0 heterocycles. The Morgan fingerprint density at radius 2 is 2.10 bits per heavy atom. The van der Waals surface area contributed by atoms with Crippen LogP contribution in [0.2, 0.25) is 0 Å². The molecule has 1 saturated carbocycles. The first kappa shape index (κ1) is 15.3. The van der Waals surface area contributed by atoms with Gasteiger partial charge in [-0.05, 0) is 50.8 Å². The van der Waals surface area contributed by atoms with Gasteiger partial charge in [-0.2, -0.15) is 0 Å². The maximum Gasteiger partial charge on any atom is 0.337 e. The van der Waals surface area contributed by atoms with E-state index in [-0.39, 0.29) is 23.3 Å². The molecule has 0 unspecified atom stereocenters. The number of nitrogens with one attached hydrogen (secondary N) is 1. The molecule has 0 atom stereocenters. The molecule has 0 aliphatic heterocycles. The highest BCUT2D eigenvalue weighted by Crippen LogP contribution is 2.30. The summed E-state index contributed by atoms with van der Waals surface area (Å²) in [6, 6.07) is 2.96. The van der Waals surface area contributed by atoms with E-state index in [1.165, 1.54) is 6.07 Å². The van der Waals surface area contributed by atoms with Crippen molar-refractivity contribution in [3.05, 3.63) is 29.6 Å². The molecule has 2 N–H and O–H groups in total. The van der Waals surface area contributed by atoms with Crippen molar-refractivity contribution in [2.75, 3.05) is 11.9 Å². The van der Waals surface area contributed by atoms with E-state index in [1.807, 2.05) is 13.8 Å². The van der Waals surface area contributed by atoms with Gasteiger partial charge in [-0.1, -0.05) is 0 Å². The molecule has 1 aliphatic carbocycles. The van der Waals surface area contributed by atoms with Crippen LogP contribution in [0.3, 0.4) is 0 Å². The number of urea groups is 1. The van der Waals surface area contributed by atoms with Gasteiger partial charge in [0.2, 0.25) is 0 Å². The van der Waals surface area contributed by atoms with Crippen molar-refractivity contribution in [2.45, 2.75) is 32.7 Å². The Balaban J connectivity index is 2.15. The van der Waals surface area contributed by atoms with Gasteiger partial charge in [0.25, 0.3) is 0 Å². The smallest absolute Gasteiger partial charge is 0.337 e. The summed E-state index contributed by atoms with van der Waals surface area (Å²) >= 11 is 0. The van der Waals surface area contributed by atoms with Crippen molar-refractivity contribution in [2.24, 2.45) is 5.92 Å². The number of carboxylic acids is 1. The first-order valence-corrected chi connectivity index (χ1v) is 6.99. The van der Waals surface area contributed by atoms with E-state index in [4.69, 9.17) is 5.11 Å². The minimum Gasteiger partial charge on any atom is -0.478 e. The van der Waals surface area contributed by atoms with Crippen LogP contribution in [0.4, 0.5) is 14.9 Å². The molecule has 0 bridgehead atoms. The molecule has 2 rings (SSSR count). The molecule has 1 aliphatic rings. The van der Waals surface area contributed by atoms with Gasteiger partial charge in [0.05, 0.1) is 11.3 Å². The van der Waals surface area contributed by atoms with Gasteiger partial charge < -0.3 is 15.3 Å². The van der Waals surface area contributed by atoms with Gasteiger partial charge in [-0.15, -0.1) is 0 Å². The van der Waals surface area contributed by atoms with Gasteiger partial charge in [-0.3, -0.25) is 0 Å². The Morgan fingerprint density at radius 3 is 2.62 bits per heavy atom. The van der Waals surface area contributed by atoms with Crippen molar-refractivity contribution in [1.82, 2.24) is 4.90 Å². The van der Waals surface area contributed by atoms with Crippen molar-refractivity contribution in [1.29, 1.82) is 0 Å². The number of amides is 2. The fourth-order valence-corrected chi connectivity index (χ4v) is 2.10. The average Bonchev–Trinajstić information content (AvgIpc) is 3.21. The SMILES string of the molecule is CC(C)N(CC1CC1)C(=O)Nc1ccc(F)cc1C(=O)O. The van der Waals surface area contributed by atoms with E-state index < -0.39 is 11.8 Å². The van der Waals surface area contributed by atoms with E-state index >= 15 is 0 Å². The van der Waals surface area contributed by atoms with Crippen LogP contribution in [0.15, 0.2) is 18.2 Å². The highest BCUT2D eigenvalue weighted by molar-refractivity contribution is 6.00. The predicted octanol–water partition coefficient (Wildman–Crippen LogP) is 3.18. The molecule has 0 saturated heterocycles. The third kappa shape index (κ3) is 3.93. The van der Waals surface area contributed by atoms with Crippen LogP contribution in [-0.4, -0.2) is 34.6 Å². The fourth-order valence-electron chi connectivity index (χ4n) is 2.10. The van der Waals surface area contributed by atoms with Gasteiger partial charge in [-0.25, -0.2) is 14.0 Å². The lowest BCUT2D eigenvalue weighted by Gasteiger charge is -2.27. The third-order valence-corrected chi connectivity index (χ3v) is 3.49. The zero-order chi connectivity index (χ0) is 15.6. The molecule has 1 fully saturated rings. The van der Waals surface area contributed by atoms with Gasteiger partial charge in [0.15, 0.2) is 0 Å². The summed E-state index contributed by atoms with van der Waals surface area (Å²) in [5.41, 5.74) is -0.145. The van der Waals surface area contributed by atoms with Crippen LogP contribution in [0.5, 0.6) is 0 Å². The summed E-state index contributed by atoms with van der Waals surface area (Å²) in [5.74, 6) is -1.39. The van der Waals surface area contributed by atoms with E-state index in [1.54, 1.807) is 4.90 Å². The molecule has 114 valence electrons. The summed E-state index contributed by atoms with van der Waals surface area (Å²) in [4.78, 5) is 25.1. The van der Waals surface area contributed by atoms with Crippen LogP contribution in [-0.2, 0) is 0 Å².